The van der Waals surface area contributed by atoms with Crippen LogP contribution >= 0.6 is 15.9 Å². The molecular formula is C19H16BrN3O3. The Hall–Kier alpha value is -2.93. The van der Waals surface area contributed by atoms with Gasteiger partial charge in [0, 0.05) is 9.99 Å². The number of carbonyl (C=O) groups excluding carboxylic acids is 1. The van der Waals surface area contributed by atoms with Gasteiger partial charge in [0.05, 0.1) is 11.8 Å². The third kappa shape index (κ3) is 4.37. The minimum absolute atomic E-state index is 0.277. The second kappa shape index (κ2) is 7.97. The quantitative estimate of drug-likeness (QED) is 0.497. The Bertz CT molecular complexity index is 1010. The Labute approximate surface area is 158 Å². The first-order valence-electron chi connectivity index (χ1n) is 7.90. The molecule has 26 heavy (non-hydrogen) atoms. The Kier molecular flexibility index (Phi) is 5.48. The number of aromatic amines is 1. The number of nitrogens with zero attached hydrogens (tertiary/aromatic N) is 1. The molecule has 2 aromatic carbocycles. The molecule has 7 heteroatoms. The molecule has 132 valence electrons. The van der Waals surface area contributed by atoms with Gasteiger partial charge in [0.1, 0.15) is 5.75 Å². The number of para-hydroxylation sites is 1. The van der Waals surface area contributed by atoms with E-state index in [1.54, 1.807) is 25.1 Å². The number of rotatable bonds is 5. The van der Waals surface area contributed by atoms with E-state index >= 15 is 0 Å². The highest BCUT2D eigenvalue weighted by atomic mass is 79.9. The SMILES string of the molecule is CC(Oc1ccc(Br)cc1)C(=O)N/N=C/c1cc2ccccc2[nH]c1=O. The van der Waals surface area contributed by atoms with Gasteiger partial charge in [-0.05, 0) is 48.7 Å². The molecule has 1 aromatic heterocycles. The van der Waals surface area contributed by atoms with E-state index in [-0.39, 0.29) is 5.56 Å². The normalized spacial score (nSPS) is 12.2. The van der Waals surface area contributed by atoms with Crippen LogP contribution in [0.15, 0.2) is 69.0 Å². The van der Waals surface area contributed by atoms with Crippen molar-refractivity contribution in [3.05, 3.63) is 75.0 Å². The van der Waals surface area contributed by atoms with Gasteiger partial charge in [-0.3, -0.25) is 9.59 Å². The monoisotopic (exact) mass is 413 g/mol. The van der Waals surface area contributed by atoms with E-state index < -0.39 is 12.0 Å². The number of benzene rings is 2. The first-order chi connectivity index (χ1) is 12.5. The maximum Gasteiger partial charge on any atom is 0.280 e. The van der Waals surface area contributed by atoms with Gasteiger partial charge in [-0.15, -0.1) is 0 Å². The van der Waals surface area contributed by atoms with E-state index in [9.17, 15) is 9.59 Å². The number of pyridine rings is 1. The van der Waals surface area contributed by atoms with Crippen LogP contribution in [-0.2, 0) is 4.79 Å². The van der Waals surface area contributed by atoms with Crippen LogP contribution in [-0.4, -0.2) is 23.2 Å². The van der Waals surface area contributed by atoms with Gasteiger partial charge in [0.2, 0.25) is 0 Å². The lowest BCUT2D eigenvalue weighted by atomic mass is 10.2. The number of hydrogen-bond acceptors (Lipinski definition) is 4. The molecule has 0 bridgehead atoms. The first-order valence-corrected chi connectivity index (χ1v) is 8.69. The van der Waals surface area contributed by atoms with Crippen LogP contribution in [0.5, 0.6) is 5.75 Å². The average molecular weight is 414 g/mol. The second-order valence-corrected chi connectivity index (χ2v) is 6.50. The Morgan fingerprint density at radius 1 is 1.23 bits per heavy atom. The molecule has 0 saturated carbocycles. The summed E-state index contributed by atoms with van der Waals surface area (Å²) in [7, 11) is 0. The lowest BCUT2D eigenvalue weighted by Crippen LogP contribution is -2.33. The number of nitrogens with one attached hydrogen (secondary N) is 2. The minimum atomic E-state index is -0.733. The molecule has 1 heterocycles. The Morgan fingerprint density at radius 3 is 2.73 bits per heavy atom. The molecule has 0 aliphatic rings. The maximum absolute atomic E-state index is 12.1. The molecule has 0 saturated heterocycles. The van der Waals surface area contributed by atoms with Gasteiger partial charge < -0.3 is 9.72 Å². The van der Waals surface area contributed by atoms with Gasteiger partial charge in [0.25, 0.3) is 11.5 Å². The summed E-state index contributed by atoms with van der Waals surface area (Å²) in [6.07, 6.45) is 0.582. The molecule has 0 aliphatic heterocycles. The third-order valence-corrected chi connectivity index (χ3v) is 4.18. The molecule has 6 nitrogen and oxygen atoms in total. The molecule has 1 atom stereocenters. The maximum atomic E-state index is 12.1. The second-order valence-electron chi connectivity index (χ2n) is 5.59. The number of amides is 1. The van der Waals surface area contributed by atoms with Crippen LogP contribution in [0.25, 0.3) is 10.9 Å². The lowest BCUT2D eigenvalue weighted by Gasteiger charge is -2.12. The predicted octanol–water partition coefficient (Wildman–Crippen LogP) is 3.21. The van der Waals surface area contributed by atoms with Crippen molar-refractivity contribution in [3.63, 3.8) is 0 Å². The van der Waals surface area contributed by atoms with Crippen molar-refractivity contribution in [1.82, 2.24) is 10.4 Å². The highest BCUT2D eigenvalue weighted by molar-refractivity contribution is 9.10. The highest BCUT2D eigenvalue weighted by Crippen LogP contribution is 2.17. The van der Waals surface area contributed by atoms with Crippen molar-refractivity contribution >= 4 is 39.0 Å². The minimum Gasteiger partial charge on any atom is -0.481 e. The van der Waals surface area contributed by atoms with Crippen LogP contribution in [0.4, 0.5) is 0 Å². The molecular weight excluding hydrogens is 398 g/mol. The summed E-state index contributed by atoms with van der Waals surface area (Å²) in [5, 5.41) is 4.74. The number of ether oxygens (including phenoxy) is 1. The molecule has 0 radical (unpaired) electrons. The molecule has 1 amide bonds. The predicted molar refractivity (Wildman–Crippen MR) is 105 cm³/mol. The number of hydrazone groups is 1. The molecule has 3 rings (SSSR count). The molecule has 0 spiro atoms. The van der Waals surface area contributed by atoms with Crippen molar-refractivity contribution in [2.75, 3.05) is 0 Å². The fourth-order valence-electron chi connectivity index (χ4n) is 2.29. The van der Waals surface area contributed by atoms with Gasteiger partial charge in [-0.25, -0.2) is 5.43 Å². The van der Waals surface area contributed by atoms with Gasteiger partial charge in [0.15, 0.2) is 6.10 Å². The van der Waals surface area contributed by atoms with Gasteiger partial charge in [-0.2, -0.15) is 5.10 Å². The first kappa shape index (κ1) is 17.9. The van der Waals surface area contributed by atoms with E-state index in [2.05, 4.69) is 31.4 Å². The number of aromatic nitrogens is 1. The number of H-pyrrole nitrogens is 1. The van der Waals surface area contributed by atoms with E-state index in [0.717, 1.165) is 15.4 Å². The highest BCUT2D eigenvalue weighted by Gasteiger charge is 2.13. The van der Waals surface area contributed by atoms with Crippen molar-refractivity contribution < 1.29 is 9.53 Å². The summed E-state index contributed by atoms with van der Waals surface area (Å²) in [6, 6.07) is 16.3. The fourth-order valence-corrected chi connectivity index (χ4v) is 2.55. The average Bonchev–Trinajstić information content (AvgIpc) is 2.63. The lowest BCUT2D eigenvalue weighted by molar-refractivity contribution is -0.127. The van der Waals surface area contributed by atoms with Crippen molar-refractivity contribution in [3.8, 4) is 5.75 Å². The van der Waals surface area contributed by atoms with E-state index in [1.807, 2.05) is 36.4 Å². The van der Waals surface area contributed by atoms with Gasteiger partial charge in [-0.1, -0.05) is 34.1 Å². The summed E-state index contributed by atoms with van der Waals surface area (Å²) in [5.41, 5.74) is 3.20. The van der Waals surface area contributed by atoms with Crippen molar-refractivity contribution in [1.29, 1.82) is 0 Å². The topological polar surface area (TPSA) is 83.5 Å². The van der Waals surface area contributed by atoms with Crippen LogP contribution in [0.2, 0.25) is 0 Å². The zero-order valence-electron chi connectivity index (χ0n) is 13.9. The van der Waals surface area contributed by atoms with Crippen LogP contribution < -0.4 is 15.7 Å². The molecule has 2 N–H and O–H groups in total. The van der Waals surface area contributed by atoms with E-state index in [0.29, 0.717) is 11.3 Å². The number of halogens is 1. The summed E-state index contributed by atoms with van der Waals surface area (Å²) < 4.78 is 6.46. The van der Waals surface area contributed by atoms with E-state index in [1.165, 1.54) is 6.21 Å². The van der Waals surface area contributed by atoms with Crippen molar-refractivity contribution in [2.45, 2.75) is 13.0 Å². The number of fused-ring (bicyclic) bond motifs is 1. The molecule has 0 aliphatic carbocycles. The molecule has 3 aromatic rings. The standard InChI is InChI=1S/C19H16BrN3O3/c1-12(26-16-8-6-15(20)7-9-16)18(24)23-21-11-14-10-13-4-2-3-5-17(13)22-19(14)25/h2-12H,1H3,(H,22,25)(H,23,24)/b21-11+. The fraction of sp³-hybridized carbons (Fsp3) is 0.105. The number of hydrogen-bond donors (Lipinski definition) is 2. The summed E-state index contributed by atoms with van der Waals surface area (Å²) in [5.74, 6) is 0.159. The third-order valence-electron chi connectivity index (χ3n) is 3.66. The summed E-state index contributed by atoms with van der Waals surface area (Å²) in [6.45, 7) is 1.62. The zero-order chi connectivity index (χ0) is 18.5. The smallest absolute Gasteiger partial charge is 0.280 e. The van der Waals surface area contributed by atoms with Crippen LogP contribution in [0.3, 0.4) is 0 Å². The number of carbonyl (C=O) groups is 1. The zero-order valence-corrected chi connectivity index (χ0v) is 15.5. The van der Waals surface area contributed by atoms with E-state index in [4.69, 9.17) is 4.74 Å². The van der Waals surface area contributed by atoms with Crippen molar-refractivity contribution in [2.24, 2.45) is 5.10 Å². The molecule has 0 fully saturated rings. The summed E-state index contributed by atoms with van der Waals surface area (Å²) >= 11 is 3.34. The summed E-state index contributed by atoms with van der Waals surface area (Å²) in [4.78, 5) is 26.8. The van der Waals surface area contributed by atoms with Gasteiger partial charge >= 0.3 is 0 Å². The largest absolute Gasteiger partial charge is 0.481 e. The van der Waals surface area contributed by atoms with Crippen LogP contribution in [0.1, 0.15) is 12.5 Å². The molecule has 1 unspecified atom stereocenters. The Balaban J connectivity index is 1.64. The van der Waals surface area contributed by atoms with Crippen LogP contribution in [0, 0.1) is 0 Å². The Morgan fingerprint density at radius 2 is 1.96 bits per heavy atom.